The van der Waals surface area contributed by atoms with Crippen LogP contribution >= 0.6 is 11.3 Å². The van der Waals surface area contributed by atoms with E-state index in [0.29, 0.717) is 11.9 Å². The minimum Gasteiger partial charge on any atom is -0.311 e. The van der Waals surface area contributed by atoms with Gasteiger partial charge in [0.25, 0.3) is 5.56 Å². The molecule has 0 bridgehead atoms. The van der Waals surface area contributed by atoms with Crippen LogP contribution in [0.5, 0.6) is 0 Å². The first-order valence-electron chi connectivity index (χ1n) is 7.83. The fraction of sp³-hybridized carbons (Fsp3) is 0.278. The first kappa shape index (κ1) is 16.4. The summed E-state index contributed by atoms with van der Waals surface area (Å²) in [4.78, 5) is 33.2. The number of carbonyl (C=O) groups excluding carboxylic acids is 1. The maximum absolute atomic E-state index is 12.7. The Labute approximate surface area is 144 Å². The zero-order valence-electron chi connectivity index (χ0n) is 13.9. The Morgan fingerprint density at radius 1 is 1.25 bits per heavy atom. The van der Waals surface area contributed by atoms with E-state index in [1.54, 1.807) is 4.90 Å². The van der Waals surface area contributed by atoms with E-state index in [1.165, 1.54) is 22.2 Å². The minimum absolute atomic E-state index is 0.0150. The van der Waals surface area contributed by atoms with Crippen LogP contribution in [0.2, 0.25) is 0 Å². The number of anilines is 1. The standard InChI is InChI=1S/C18H19N3O2S/c1-4-21(14-8-6-5-7-9-14)15(22)10-20-11-19-17-16(18(20)23)12(2)13(3)24-17/h5-9,11H,4,10H2,1-3H3. The van der Waals surface area contributed by atoms with Crippen molar-refractivity contribution >= 4 is 33.1 Å². The summed E-state index contributed by atoms with van der Waals surface area (Å²) in [5, 5.41) is 0.621. The fourth-order valence-electron chi connectivity index (χ4n) is 2.72. The zero-order valence-corrected chi connectivity index (χ0v) is 14.8. The number of aromatic nitrogens is 2. The van der Waals surface area contributed by atoms with Crippen LogP contribution in [-0.2, 0) is 11.3 Å². The van der Waals surface area contributed by atoms with E-state index in [1.807, 2.05) is 51.1 Å². The molecular weight excluding hydrogens is 322 g/mol. The predicted octanol–water partition coefficient (Wildman–Crippen LogP) is 3.13. The summed E-state index contributed by atoms with van der Waals surface area (Å²) in [7, 11) is 0. The third kappa shape index (κ3) is 2.85. The fourth-order valence-corrected chi connectivity index (χ4v) is 3.71. The summed E-state index contributed by atoms with van der Waals surface area (Å²) in [6.07, 6.45) is 1.47. The third-order valence-electron chi connectivity index (χ3n) is 4.15. The molecule has 0 atom stereocenters. The number of amides is 1. The van der Waals surface area contributed by atoms with Gasteiger partial charge in [-0.05, 0) is 38.5 Å². The Kier molecular flexibility index (Phi) is 4.49. The smallest absolute Gasteiger partial charge is 0.262 e. The molecule has 0 spiro atoms. The monoisotopic (exact) mass is 341 g/mol. The van der Waals surface area contributed by atoms with Crippen molar-refractivity contribution in [3.8, 4) is 0 Å². The van der Waals surface area contributed by atoms with Gasteiger partial charge < -0.3 is 4.90 Å². The summed E-state index contributed by atoms with van der Waals surface area (Å²) in [6.45, 7) is 6.35. The van der Waals surface area contributed by atoms with Gasteiger partial charge >= 0.3 is 0 Å². The van der Waals surface area contributed by atoms with Gasteiger partial charge in [0.1, 0.15) is 11.4 Å². The van der Waals surface area contributed by atoms with Crippen LogP contribution in [0.1, 0.15) is 17.4 Å². The van der Waals surface area contributed by atoms with Crippen LogP contribution in [-0.4, -0.2) is 22.0 Å². The molecule has 0 saturated carbocycles. The van der Waals surface area contributed by atoms with E-state index < -0.39 is 0 Å². The highest BCUT2D eigenvalue weighted by Gasteiger charge is 2.17. The summed E-state index contributed by atoms with van der Waals surface area (Å²) >= 11 is 1.51. The number of carbonyl (C=O) groups is 1. The van der Waals surface area contributed by atoms with Crippen molar-refractivity contribution in [1.29, 1.82) is 0 Å². The van der Waals surface area contributed by atoms with Gasteiger partial charge in [-0.1, -0.05) is 18.2 Å². The van der Waals surface area contributed by atoms with E-state index in [2.05, 4.69) is 4.98 Å². The molecule has 0 N–H and O–H groups in total. The number of rotatable bonds is 4. The molecule has 0 saturated heterocycles. The van der Waals surface area contributed by atoms with E-state index in [0.717, 1.165) is 21.0 Å². The number of hydrogen-bond donors (Lipinski definition) is 0. The van der Waals surface area contributed by atoms with Gasteiger partial charge in [-0.3, -0.25) is 14.2 Å². The van der Waals surface area contributed by atoms with Crippen molar-refractivity contribution in [3.05, 3.63) is 57.5 Å². The highest BCUT2D eigenvalue weighted by Crippen LogP contribution is 2.25. The number of nitrogens with zero attached hydrogens (tertiary/aromatic N) is 3. The lowest BCUT2D eigenvalue weighted by Gasteiger charge is -2.21. The zero-order chi connectivity index (χ0) is 17.3. The van der Waals surface area contributed by atoms with Crippen LogP contribution < -0.4 is 10.5 Å². The molecule has 0 aliphatic carbocycles. The largest absolute Gasteiger partial charge is 0.311 e. The maximum atomic E-state index is 12.7. The summed E-state index contributed by atoms with van der Waals surface area (Å²) < 4.78 is 1.40. The maximum Gasteiger partial charge on any atom is 0.262 e. The van der Waals surface area contributed by atoms with Gasteiger partial charge in [-0.2, -0.15) is 0 Å². The molecule has 3 aromatic rings. The molecule has 1 aromatic carbocycles. The number of aryl methyl sites for hydroxylation is 2. The number of hydrogen-bond acceptors (Lipinski definition) is 4. The van der Waals surface area contributed by atoms with Gasteiger partial charge in [0.05, 0.1) is 11.7 Å². The van der Waals surface area contributed by atoms with Crippen molar-refractivity contribution < 1.29 is 4.79 Å². The van der Waals surface area contributed by atoms with Crippen molar-refractivity contribution in [1.82, 2.24) is 9.55 Å². The molecule has 124 valence electrons. The number of likely N-dealkylation sites (N-methyl/N-ethyl adjacent to an activating group) is 1. The number of fused-ring (bicyclic) bond motifs is 1. The predicted molar refractivity (Wildman–Crippen MR) is 97.8 cm³/mol. The second-order valence-corrected chi connectivity index (χ2v) is 6.82. The highest BCUT2D eigenvalue weighted by molar-refractivity contribution is 7.18. The Morgan fingerprint density at radius 3 is 2.62 bits per heavy atom. The normalized spacial score (nSPS) is 11.0. The van der Waals surface area contributed by atoms with Crippen molar-refractivity contribution in [2.45, 2.75) is 27.3 Å². The molecule has 1 amide bonds. The van der Waals surface area contributed by atoms with Gasteiger partial charge in [0.15, 0.2) is 0 Å². The van der Waals surface area contributed by atoms with Gasteiger partial charge in [-0.15, -0.1) is 11.3 Å². The van der Waals surface area contributed by atoms with E-state index in [4.69, 9.17) is 0 Å². The van der Waals surface area contributed by atoms with Gasteiger partial charge in [0, 0.05) is 17.1 Å². The quantitative estimate of drug-likeness (QED) is 0.732. The molecule has 24 heavy (non-hydrogen) atoms. The van der Waals surface area contributed by atoms with Crippen LogP contribution in [0.4, 0.5) is 5.69 Å². The number of thiophene rings is 1. The molecule has 0 aliphatic heterocycles. The third-order valence-corrected chi connectivity index (χ3v) is 5.26. The second kappa shape index (κ2) is 6.57. The molecule has 0 fully saturated rings. The molecule has 2 heterocycles. The Morgan fingerprint density at radius 2 is 1.96 bits per heavy atom. The molecule has 0 aliphatic rings. The molecule has 5 nitrogen and oxygen atoms in total. The Balaban J connectivity index is 1.94. The number of benzene rings is 1. The Hall–Kier alpha value is -2.47. The van der Waals surface area contributed by atoms with Crippen molar-refractivity contribution in [2.75, 3.05) is 11.4 Å². The Bertz CT molecular complexity index is 944. The van der Waals surface area contributed by atoms with E-state index >= 15 is 0 Å². The van der Waals surface area contributed by atoms with E-state index in [9.17, 15) is 9.59 Å². The lowest BCUT2D eigenvalue weighted by atomic mass is 10.2. The van der Waals surface area contributed by atoms with Gasteiger partial charge in [-0.25, -0.2) is 4.98 Å². The molecular formula is C18H19N3O2S. The summed E-state index contributed by atoms with van der Waals surface area (Å²) in [5.41, 5.74) is 1.62. The summed E-state index contributed by atoms with van der Waals surface area (Å²) in [5.74, 6) is -0.128. The molecule has 2 aromatic heterocycles. The van der Waals surface area contributed by atoms with Crippen LogP contribution in [0.25, 0.3) is 10.2 Å². The second-order valence-electron chi connectivity index (χ2n) is 5.61. The minimum atomic E-state index is -0.153. The topological polar surface area (TPSA) is 55.2 Å². The molecule has 6 heteroatoms. The lowest BCUT2D eigenvalue weighted by molar-refractivity contribution is -0.119. The van der Waals surface area contributed by atoms with Crippen LogP contribution in [0, 0.1) is 13.8 Å². The number of para-hydroxylation sites is 1. The van der Waals surface area contributed by atoms with Crippen molar-refractivity contribution in [2.24, 2.45) is 0 Å². The molecule has 3 rings (SSSR count). The first-order chi connectivity index (χ1) is 11.5. The highest BCUT2D eigenvalue weighted by atomic mass is 32.1. The van der Waals surface area contributed by atoms with Crippen LogP contribution in [0.15, 0.2) is 41.5 Å². The van der Waals surface area contributed by atoms with Gasteiger partial charge in [0.2, 0.25) is 5.91 Å². The van der Waals surface area contributed by atoms with Crippen molar-refractivity contribution in [3.63, 3.8) is 0 Å². The SMILES string of the molecule is CCN(C(=O)Cn1cnc2sc(C)c(C)c2c1=O)c1ccccc1. The summed E-state index contributed by atoms with van der Waals surface area (Å²) in [6, 6.07) is 9.47. The van der Waals surface area contributed by atoms with Crippen LogP contribution in [0.3, 0.4) is 0 Å². The first-order valence-corrected chi connectivity index (χ1v) is 8.65. The lowest BCUT2D eigenvalue weighted by Crippen LogP contribution is -2.36. The molecule has 0 radical (unpaired) electrons. The molecule has 0 unspecified atom stereocenters. The average molecular weight is 341 g/mol. The van der Waals surface area contributed by atoms with E-state index in [-0.39, 0.29) is 18.0 Å². The average Bonchev–Trinajstić information content (AvgIpc) is 2.87.